The quantitative estimate of drug-likeness (QED) is 0.613. The van der Waals surface area contributed by atoms with Gasteiger partial charge in [0.25, 0.3) is 0 Å². The van der Waals surface area contributed by atoms with Crippen molar-refractivity contribution in [2.24, 2.45) is 0 Å². The highest BCUT2D eigenvalue weighted by atomic mass is 16.3. The molecule has 2 aromatic carbocycles. The van der Waals surface area contributed by atoms with Crippen LogP contribution in [0.1, 0.15) is 12.8 Å². The van der Waals surface area contributed by atoms with E-state index in [1.165, 1.54) is 4.57 Å². The number of rotatable bonds is 4. The fourth-order valence-corrected chi connectivity index (χ4v) is 3.20. The van der Waals surface area contributed by atoms with Gasteiger partial charge in [-0.25, -0.2) is 9.78 Å². The molecule has 1 N–H and O–H groups in total. The minimum atomic E-state index is -0.273. The van der Waals surface area contributed by atoms with Crippen molar-refractivity contribution in [2.75, 3.05) is 5.32 Å². The van der Waals surface area contributed by atoms with Crippen LogP contribution in [0.5, 0.6) is 0 Å². The van der Waals surface area contributed by atoms with Gasteiger partial charge in [0.2, 0.25) is 5.91 Å². The Morgan fingerprint density at radius 2 is 1.88 bits per heavy atom. The van der Waals surface area contributed by atoms with Gasteiger partial charge in [-0.05, 0) is 37.3 Å². The number of carbonyl (C=O) groups excluding carboxylic acids is 1. The van der Waals surface area contributed by atoms with E-state index in [4.69, 9.17) is 4.42 Å². The first-order chi connectivity index (χ1) is 12.6. The lowest BCUT2D eigenvalue weighted by Crippen LogP contribution is -2.29. The summed E-state index contributed by atoms with van der Waals surface area (Å²) in [7, 11) is 0. The first-order valence-electron chi connectivity index (χ1n) is 8.42. The molecule has 0 aliphatic heterocycles. The Kier molecular flexibility index (Phi) is 3.84. The Morgan fingerprint density at radius 1 is 1.15 bits per heavy atom. The molecule has 4 rings (SSSR count). The lowest BCUT2D eigenvalue weighted by Gasteiger charge is -2.06. The summed E-state index contributed by atoms with van der Waals surface area (Å²) in [5, 5.41) is 2.82. The number of benzene rings is 2. The fourth-order valence-electron chi connectivity index (χ4n) is 3.20. The first-order valence-corrected chi connectivity index (χ1v) is 8.42. The zero-order chi connectivity index (χ0) is 18.3. The van der Waals surface area contributed by atoms with Crippen molar-refractivity contribution in [3.63, 3.8) is 0 Å². The van der Waals surface area contributed by atoms with Gasteiger partial charge in [-0.1, -0.05) is 12.1 Å². The Balaban J connectivity index is 1.62. The summed E-state index contributed by atoms with van der Waals surface area (Å²) in [6.45, 7) is 4.18. The molecule has 0 aliphatic carbocycles. The summed E-state index contributed by atoms with van der Waals surface area (Å²) >= 11 is 0. The molecule has 26 heavy (non-hydrogen) atoms. The van der Waals surface area contributed by atoms with Gasteiger partial charge in [0, 0.05) is 19.2 Å². The number of nitrogens with zero attached hydrogens (tertiary/aromatic N) is 3. The number of fused-ring (bicyclic) bond motifs is 2. The van der Waals surface area contributed by atoms with Gasteiger partial charge in [-0.15, -0.1) is 0 Å². The second-order valence-electron chi connectivity index (χ2n) is 6.07. The molecule has 7 nitrogen and oxygen atoms in total. The van der Waals surface area contributed by atoms with Gasteiger partial charge in [0.1, 0.15) is 12.1 Å². The smallest absolute Gasteiger partial charge is 0.329 e. The number of nitrogens with one attached hydrogen (secondary N) is 1. The first kappa shape index (κ1) is 16.1. The van der Waals surface area contributed by atoms with Gasteiger partial charge in [0.05, 0.1) is 11.0 Å². The number of oxazole rings is 1. The van der Waals surface area contributed by atoms with E-state index < -0.39 is 0 Å². The number of hydrogen-bond acceptors (Lipinski definition) is 4. The number of carbonyl (C=O) groups is 1. The number of amides is 1. The number of aromatic nitrogens is 3. The molecule has 0 saturated carbocycles. The van der Waals surface area contributed by atoms with Gasteiger partial charge in [0.15, 0.2) is 11.5 Å². The van der Waals surface area contributed by atoms with Crippen molar-refractivity contribution in [2.45, 2.75) is 26.9 Å². The second kappa shape index (κ2) is 6.18. The highest BCUT2D eigenvalue weighted by Crippen LogP contribution is 2.20. The van der Waals surface area contributed by atoms with Crippen molar-refractivity contribution in [3.05, 3.63) is 58.8 Å². The molecule has 2 aromatic heterocycles. The topological polar surface area (TPSA) is 82.1 Å². The lowest BCUT2D eigenvalue weighted by atomic mass is 10.3. The van der Waals surface area contributed by atoms with Crippen molar-refractivity contribution in [1.29, 1.82) is 0 Å². The van der Waals surface area contributed by atoms with Crippen LogP contribution in [0.3, 0.4) is 0 Å². The molecule has 132 valence electrons. The molecule has 0 unspecified atom stereocenters. The minimum absolute atomic E-state index is 0.0533. The Hall–Kier alpha value is -3.35. The predicted molar refractivity (Wildman–Crippen MR) is 99.2 cm³/mol. The normalized spacial score (nSPS) is 11.3. The third-order valence-corrected chi connectivity index (χ3v) is 4.32. The maximum absolute atomic E-state index is 12.6. The largest absolute Gasteiger partial charge is 0.441 e. The molecule has 0 radical (unpaired) electrons. The molecule has 0 aliphatic rings. The monoisotopic (exact) mass is 350 g/mol. The highest BCUT2D eigenvalue weighted by Gasteiger charge is 2.14. The zero-order valence-electron chi connectivity index (χ0n) is 14.5. The number of imidazole rings is 1. The molecular formula is C19H18N4O3. The van der Waals surface area contributed by atoms with Crippen LogP contribution in [-0.4, -0.2) is 20.0 Å². The van der Waals surface area contributed by atoms with Crippen LogP contribution in [0, 0.1) is 6.92 Å². The van der Waals surface area contributed by atoms with Gasteiger partial charge in [-0.3, -0.25) is 13.9 Å². The lowest BCUT2D eigenvalue weighted by molar-refractivity contribution is -0.116. The van der Waals surface area contributed by atoms with Crippen LogP contribution in [0.2, 0.25) is 0 Å². The maximum atomic E-state index is 12.6. The second-order valence-corrected chi connectivity index (χ2v) is 6.07. The Bertz CT molecular complexity index is 1180. The third kappa shape index (κ3) is 2.67. The average molecular weight is 350 g/mol. The summed E-state index contributed by atoms with van der Waals surface area (Å²) in [5.74, 6) is 0.299. The van der Waals surface area contributed by atoms with Crippen molar-refractivity contribution < 1.29 is 9.21 Å². The predicted octanol–water partition coefficient (Wildman–Crippen LogP) is 2.91. The number of hydrogen-bond donors (Lipinski definition) is 1. The summed E-state index contributed by atoms with van der Waals surface area (Å²) in [4.78, 5) is 29.4. The summed E-state index contributed by atoms with van der Waals surface area (Å²) in [5.41, 5.74) is 3.35. The van der Waals surface area contributed by atoms with Crippen molar-refractivity contribution in [1.82, 2.24) is 14.1 Å². The molecule has 2 heterocycles. The SMILES string of the molecule is CCn1c(=O)n(CC(=O)Nc2ccc3oc(C)nc3c2)c2ccccc21. The summed E-state index contributed by atoms with van der Waals surface area (Å²) < 4.78 is 8.58. The van der Waals surface area contributed by atoms with E-state index in [1.807, 2.05) is 31.2 Å². The molecule has 1 amide bonds. The van der Waals surface area contributed by atoms with Gasteiger partial charge in [-0.2, -0.15) is 0 Å². The Labute approximate surface area is 148 Å². The molecule has 0 spiro atoms. The maximum Gasteiger partial charge on any atom is 0.329 e. The van der Waals surface area contributed by atoms with Crippen LogP contribution < -0.4 is 11.0 Å². The van der Waals surface area contributed by atoms with Crippen molar-refractivity contribution >= 4 is 33.7 Å². The number of aryl methyl sites for hydroxylation is 2. The molecule has 7 heteroatoms. The van der Waals surface area contributed by atoms with Crippen LogP contribution in [0.25, 0.3) is 22.1 Å². The molecule has 0 saturated heterocycles. The fraction of sp³-hybridized carbons (Fsp3) is 0.211. The Morgan fingerprint density at radius 3 is 2.62 bits per heavy atom. The minimum Gasteiger partial charge on any atom is -0.441 e. The average Bonchev–Trinajstić information content (AvgIpc) is 3.11. The van der Waals surface area contributed by atoms with E-state index in [1.54, 1.807) is 29.7 Å². The third-order valence-electron chi connectivity index (χ3n) is 4.32. The van der Waals surface area contributed by atoms with E-state index in [0.29, 0.717) is 29.2 Å². The number of para-hydroxylation sites is 2. The van der Waals surface area contributed by atoms with E-state index in [-0.39, 0.29) is 18.1 Å². The van der Waals surface area contributed by atoms with Crippen LogP contribution >= 0.6 is 0 Å². The zero-order valence-corrected chi connectivity index (χ0v) is 14.5. The number of anilines is 1. The van der Waals surface area contributed by atoms with E-state index in [0.717, 1.165) is 11.0 Å². The van der Waals surface area contributed by atoms with E-state index in [2.05, 4.69) is 10.3 Å². The van der Waals surface area contributed by atoms with Crippen LogP contribution in [0.15, 0.2) is 51.7 Å². The molecule has 0 atom stereocenters. The molecule has 4 aromatic rings. The van der Waals surface area contributed by atoms with E-state index >= 15 is 0 Å². The van der Waals surface area contributed by atoms with Gasteiger partial charge >= 0.3 is 5.69 Å². The molecule has 0 bridgehead atoms. The van der Waals surface area contributed by atoms with Crippen LogP contribution in [-0.2, 0) is 17.9 Å². The van der Waals surface area contributed by atoms with Crippen molar-refractivity contribution in [3.8, 4) is 0 Å². The van der Waals surface area contributed by atoms with Gasteiger partial charge < -0.3 is 9.73 Å². The molecule has 0 fully saturated rings. The molecular weight excluding hydrogens is 332 g/mol. The highest BCUT2D eigenvalue weighted by molar-refractivity contribution is 5.93. The summed E-state index contributed by atoms with van der Waals surface area (Å²) in [6, 6.07) is 12.7. The standard InChI is InChI=1S/C19H18N4O3/c1-3-22-15-6-4-5-7-16(15)23(19(22)25)11-18(24)21-13-8-9-17-14(10-13)20-12(2)26-17/h4-10H,3,11H2,1-2H3,(H,21,24). The summed E-state index contributed by atoms with van der Waals surface area (Å²) in [6.07, 6.45) is 0. The van der Waals surface area contributed by atoms with Crippen LogP contribution in [0.4, 0.5) is 5.69 Å². The van der Waals surface area contributed by atoms with E-state index in [9.17, 15) is 9.59 Å².